The second-order valence-electron chi connectivity index (χ2n) is 8.96. The molecule has 0 spiro atoms. The zero-order valence-electron chi connectivity index (χ0n) is 19.2. The van der Waals surface area contributed by atoms with E-state index in [1.54, 1.807) is 24.3 Å². The Kier molecular flexibility index (Phi) is 5.66. The predicted molar refractivity (Wildman–Crippen MR) is 132 cm³/mol. The summed E-state index contributed by atoms with van der Waals surface area (Å²) in [6.45, 7) is 0.884. The number of alkyl halides is 2. The third-order valence-corrected chi connectivity index (χ3v) is 7.53. The normalized spacial score (nSPS) is 19.2. The number of aliphatic hydroxyl groups excluding tert-OH is 1. The van der Waals surface area contributed by atoms with Crippen LogP contribution >= 0.6 is 0 Å². The fourth-order valence-electron chi connectivity index (χ4n) is 4.84. The molecule has 4 aromatic rings. The topological polar surface area (TPSA) is 89.9 Å². The SMILES string of the molecule is C=S(N)(=O)c1ccc(-c2cn3c4c(nc3cc2C)C(O)CC4c2cc(C)ccc2OC(F)F)cc1. The lowest BCUT2D eigenvalue weighted by molar-refractivity contribution is -0.0506. The van der Waals surface area contributed by atoms with Crippen LogP contribution in [-0.2, 0) is 9.71 Å². The average Bonchev–Trinajstić information content (AvgIpc) is 3.30. The molecule has 0 radical (unpaired) electrons. The molecular formula is C26H25F2N3O3S. The molecule has 3 unspecified atom stereocenters. The third kappa shape index (κ3) is 4.20. The van der Waals surface area contributed by atoms with Gasteiger partial charge in [-0.3, -0.25) is 5.14 Å². The standard InChI is InChI=1S/C26H25F2N3O3S/c1-14-4-9-22(34-26(27)28)18(10-14)19-12-21(32)24-25(19)31-13-20(15(2)11-23(31)30-24)16-5-7-17(8-6-16)35(3,29)33/h4-11,13,19,21,26,32H,3,12H2,1-2H3,(H2,29,33). The summed E-state index contributed by atoms with van der Waals surface area (Å²) in [4.78, 5) is 5.12. The molecule has 0 saturated carbocycles. The Morgan fingerprint density at radius 3 is 2.57 bits per heavy atom. The molecule has 3 atom stereocenters. The molecule has 9 heteroatoms. The largest absolute Gasteiger partial charge is 0.435 e. The molecule has 6 nitrogen and oxygen atoms in total. The van der Waals surface area contributed by atoms with Crippen molar-refractivity contribution in [3.05, 3.63) is 82.8 Å². The van der Waals surface area contributed by atoms with Gasteiger partial charge in [0.2, 0.25) is 0 Å². The van der Waals surface area contributed by atoms with E-state index in [1.807, 2.05) is 48.7 Å². The van der Waals surface area contributed by atoms with E-state index >= 15 is 0 Å². The number of nitrogens with two attached hydrogens (primary N) is 1. The van der Waals surface area contributed by atoms with E-state index in [1.165, 1.54) is 0 Å². The van der Waals surface area contributed by atoms with Gasteiger partial charge in [0.05, 0.1) is 27.2 Å². The predicted octanol–water partition coefficient (Wildman–Crippen LogP) is 4.74. The van der Waals surface area contributed by atoms with Crippen LogP contribution in [0.1, 0.15) is 46.5 Å². The van der Waals surface area contributed by atoms with Gasteiger partial charge in [0.25, 0.3) is 0 Å². The highest BCUT2D eigenvalue weighted by molar-refractivity contribution is 7.98. The van der Waals surface area contributed by atoms with Gasteiger partial charge in [-0.2, -0.15) is 8.78 Å². The zero-order valence-corrected chi connectivity index (χ0v) is 20.1. The number of hydrogen-bond donors (Lipinski definition) is 2. The number of aliphatic hydroxyl groups is 1. The molecule has 182 valence electrons. The fourth-order valence-corrected chi connectivity index (χ4v) is 5.44. The highest BCUT2D eigenvalue weighted by Gasteiger charge is 2.37. The summed E-state index contributed by atoms with van der Waals surface area (Å²) in [5.41, 5.74) is 6.17. The fraction of sp³-hybridized carbons (Fsp3) is 0.231. The second-order valence-corrected chi connectivity index (χ2v) is 10.9. The van der Waals surface area contributed by atoms with Crippen molar-refractivity contribution < 1.29 is 22.8 Å². The molecule has 1 aliphatic rings. The molecule has 0 amide bonds. The number of imidazole rings is 1. The van der Waals surface area contributed by atoms with Crippen LogP contribution in [0.2, 0.25) is 0 Å². The first kappa shape index (κ1) is 23.5. The van der Waals surface area contributed by atoms with E-state index < -0.39 is 22.4 Å². The van der Waals surface area contributed by atoms with Gasteiger partial charge in [-0.1, -0.05) is 29.8 Å². The average molecular weight is 498 g/mol. The maximum Gasteiger partial charge on any atom is 0.387 e. The van der Waals surface area contributed by atoms with Gasteiger partial charge in [-0.25, -0.2) is 9.19 Å². The highest BCUT2D eigenvalue weighted by atomic mass is 32.2. The number of halogens is 2. The van der Waals surface area contributed by atoms with Crippen molar-refractivity contribution in [1.82, 2.24) is 9.38 Å². The summed E-state index contributed by atoms with van der Waals surface area (Å²) in [6.07, 6.45) is 1.42. The lowest BCUT2D eigenvalue weighted by Crippen LogP contribution is -2.11. The van der Waals surface area contributed by atoms with Crippen molar-refractivity contribution in [3.63, 3.8) is 0 Å². The molecule has 2 aromatic carbocycles. The van der Waals surface area contributed by atoms with Crippen molar-refractivity contribution >= 4 is 21.2 Å². The van der Waals surface area contributed by atoms with E-state index in [-0.39, 0.29) is 11.7 Å². The van der Waals surface area contributed by atoms with Crippen LogP contribution in [-0.4, -0.2) is 31.2 Å². The molecule has 0 fully saturated rings. The summed E-state index contributed by atoms with van der Waals surface area (Å²) in [7, 11) is -2.81. The van der Waals surface area contributed by atoms with Crippen molar-refractivity contribution in [1.29, 1.82) is 0 Å². The molecule has 0 saturated heterocycles. The molecule has 0 bridgehead atoms. The minimum absolute atomic E-state index is 0.0899. The van der Waals surface area contributed by atoms with Gasteiger partial charge in [0.1, 0.15) is 11.4 Å². The van der Waals surface area contributed by atoms with Gasteiger partial charge in [0.15, 0.2) is 0 Å². The maximum absolute atomic E-state index is 13.1. The number of nitrogens with zero attached hydrogens (tertiary/aromatic N) is 2. The second kappa shape index (κ2) is 8.44. The van der Waals surface area contributed by atoms with Gasteiger partial charge >= 0.3 is 6.61 Å². The summed E-state index contributed by atoms with van der Waals surface area (Å²) in [5, 5.41) is 16.5. The zero-order chi connectivity index (χ0) is 25.1. The summed E-state index contributed by atoms with van der Waals surface area (Å²) < 4.78 is 45.0. The number of benzene rings is 2. The Bertz CT molecular complexity index is 1550. The van der Waals surface area contributed by atoms with E-state index in [4.69, 9.17) is 9.88 Å². The molecule has 0 aliphatic heterocycles. The van der Waals surface area contributed by atoms with Crippen molar-refractivity contribution in [2.75, 3.05) is 0 Å². The minimum Gasteiger partial charge on any atom is -0.435 e. The van der Waals surface area contributed by atoms with Crippen LogP contribution in [0.15, 0.2) is 59.6 Å². The number of aryl methyl sites for hydroxylation is 2. The van der Waals surface area contributed by atoms with Crippen LogP contribution in [0.25, 0.3) is 16.8 Å². The molecule has 3 N–H and O–H groups in total. The number of ether oxygens (including phenoxy) is 1. The Hall–Kier alpha value is -3.27. The summed E-state index contributed by atoms with van der Waals surface area (Å²) >= 11 is 0. The number of aromatic nitrogens is 2. The maximum atomic E-state index is 13.1. The molecule has 1 aliphatic carbocycles. The lowest BCUT2D eigenvalue weighted by Gasteiger charge is -2.19. The van der Waals surface area contributed by atoms with Crippen LogP contribution in [0.3, 0.4) is 0 Å². The Morgan fingerprint density at radius 2 is 1.91 bits per heavy atom. The van der Waals surface area contributed by atoms with Crippen LogP contribution in [0.4, 0.5) is 8.78 Å². The monoisotopic (exact) mass is 497 g/mol. The van der Waals surface area contributed by atoms with Gasteiger partial charge in [-0.05, 0) is 61.5 Å². The first-order chi connectivity index (χ1) is 16.5. The van der Waals surface area contributed by atoms with Gasteiger partial charge < -0.3 is 14.2 Å². The van der Waals surface area contributed by atoms with Crippen molar-refractivity contribution in [3.8, 4) is 16.9 Å². The number of hydrogen-bond acceptors (Lipinski definition) is 4. The molecule has 5 rings (SSSR count). The number of pyridine rings is 1. The lowest BCUT2D eigenvalue weighted by atomic mass is 9.94. The quantitative estimate of drug-likeness (QED) is 0.390. The van der Waals surface area contributed by atoms with E-state index in [0.29, 0.717) is 28.2 Å². The number of rotatable bonds is 5. The first-order valence-electron chi connectivity index (χ1n) is 11.0. The Morgan fingerprint density at radius 1 is 1.20 bits per heavy atom. The van der Waals surface area contributed by atoms with Crippen molar-refractivity contribution in [2.24, 2.45) is 5.14 Å². The van der Waals surface area contributed by atoms with Crippen LogP contribution in [0, 0.1) is 13.8 Å². The number of fused-ring (bicyclic) bond motifs is 3. The Balaban J connectivity index is 1.67. The Labute approximate surface area is 202 Å². The van der Waals surface area contributed by atoms with Crippen molar-refractivity contribution in [2.45, 2.75) is 43.8 Å². The first-order valence-corrected chi connectivity index (χ1v) is 12.8. The van der Waals surface area contributed by atoms with Gasteiger partial charge in [0, 0.05) is 28.1 Å². The van der Waals surface area contributed by atoms with Crippen LogP contribution < -0.4 is 9.88 Å². The molecule has 2 heterocycles. The minimum atomic E-state index is -2.96. The van der Waals surface area contributed by atoms with Crippen LogP contribution in [0.5, 0.6) is 5.75 Å². The van der Waals surface area contributed by atoms with Gasteiger partial charge in [-0.15, -0.1) is 0 Å². The molecule has 2 aromatic heterocycles. The smallest absolute Gasteiger partial charge is 0.387 e. The summed E-state index contributed by atoms with van der Waals surface area (Å²) in [5.74, 6) is 3.23. The van der Waals surface area contributed by atoms with E-state index in [9.17, 15) is 18.1 Å². The molecule has 35 heavy (non-hydrogen) atoms. The highest BCUT2D eigenvalue weighted by Crippen LogP contribution is 2.47. The summed E-state index contributed by atoms with van der Waals surface area (Å²) in [6, 6.07) is 14.1. The van der Waals surface area contributed by atoms with E-state index in [2.05, 4.69) is 10.9 Å². The third-order valence-electron chi connectivity index (χ3n) is 6.46. The molecular weight excluding hydrogens is 472 g/mol. The van der Waals surface area contributed by atoms with E-state index in [0.717, 1.165) is 27.9 Å².